The lowest BCUT2D eigenvalue weighted by molar-refractivity contribution is -0.384. The minimum atomic E-state index is -0.340. The molecule has 108 valence electrons. The first-order valence-corrected chi connectivity index (χ1v) is 7.11. The summed E-state index contributed by atoms with van der Waals surface area (Å²) >= 11 is 0. The molecule has 0 heterocycles. The molecule has 0 unspecified atom stereocenters. The van der Waals surface area contributed by atoms with E-state index >= 15 is 0 Å². The fraction of sp³-hybridized carbons (Fsp3) is 0.0526. The van der Waals surface area contributed by atoms with Crippen LogP contribution in [-0.2, 0) is 6.42 Å². The molecule has 0 aliphatic rings. The van der Waals surface area contributed by atoms with Crippen LogP contribution in [-0.4, -0.2) is 4.92 Å². The van der Waals surface area contributed by atoms with Crippen LogP contribution in [0.15, 0.2) is 78.9 Å². The molecule has 0 N–H and O–H groups in total. The lowest BCUT2D eigenvalue weighted by Gasteiger charge is -2.06. The molecule has 0 amide bonds. The van der Waals surface area contributed by atoms with Crippen molar-refractivity contribution >= 4 is 5.69 Å². The largest absolute Gasteiger partial charge is 0.277 e. The first-order valence-electron chi connectivity index (χ1n) is 7.11. The van der Waals surface area contributed by atoms with Gasteiger partial charge >= 0.3 is 0 Å². The van der Waals surface area contributed by atoms with E-state index in [1.165, 1.54) is 17.2 Å². The molecule has 3 aromatic carbocycles. The van der Waals surface area contributed by atoms with Gasteiger partial charge in [0.05, 0.1) is 10.5 Å². The Labute approximate surface area is 129 Å². The monoisotopic (exact) mass is 289 g/mol. The Hall–Kier alpha value is -2.94. The summed E-state index contributed by atoms with van der Waals surface area (Å²) in [6.07, 6.45) is 0.859. The Morgan fingerprint density at radius 2 is 1.32 bits per heavy atom. The van der Waals surface area contributed by atoms with Gasteiger partial charge in [0.1, 0.15) is 0 Å². The van der Waals surface area contributed by atoms with Crippen LogP contribution >= 0.6 is 0 Å². The number of para-hydroxylation sites is 1. The molecule has 3 aromatic rings. The third kappa shape index (κ3) is 3.04. The Morgan fingerprint density at radius 1 is 0.727 bits per heavy atom. The lowest BCUT2D eigenvalue weighted by Crippen LogP contribution is -1.92. The smallest absolute Gasteiger partial charge is 0.258 e. The van der Waals surface area contributed by atoms with Crippen LogP contribution in [0.5, 0.6) is 0 Å². The zero-order valence-corrected chi connectivity index (χ0v) is 12.0. The molecule has 0 radical (unpaired) electrons. The van der Waals surface area contributed by atoms with Crippen LogP contribution in [0.3, 0.4) is 0 Å². The van der Waals surface area contributed by atoms with Crippen molar-refractivity contribution in [3.05, 3.63) is 100 Å². The van der Waals surface area contributed by atoms with E-state index in [1.54, 1.807) is 12.1 Å². The van der Waals surface area contributed by atoms with Gasteiger partial charge in [-0.15, -0.1) is 0 Å². The van der Waals surface area contributed by atoms with Gasteiger partial charge in [0.25, 0.3) is 5.69 Å². The van der Waals surface area contributed by atoms with Crippen molar-refractivity contribution in [2.45, 2.75) is 6.42 Å². The second kappa shape index (κ2) is 6.22. The van der Waals surface area contributed by atoms with Crippen molar-refractivity contribution in [2.24, 2.45) is 0 Å². The highest BCUT2D eigenvalue weighted by molar-refractivity contribution is 5.73. The predicted molar refractivity (Wildman–Crippen MR) is 87.8 cm³/mol. The number of hydrogen-bond acceptors (Lipinski definition) is 2. The standard InChI is InChI=1S/C19H15NO2/c21-20(22)19-9-5-4-8-18(19)17-12-10-16(11-13-17)14-15-6-2-1-3-7-15/h1-13H,14H2. The molecular formula is C19H15NO2. The van der Waals surface area contributed by atoms with E-state index in [-0.39, 0.29) is 10.6 Å². The molecule has 0 saturated heterocycles. The Morgan fingerprint density at radius 3 is 2.00 bits per heavy atom. The van der Waals surface area contributed by atoms with Crippen LogP contribution in [0.25, 0.3) is 11.1 Å². The van der Waals surface area contributed by atoms with E-state index in [4.69, 9.17) is 0 Å². The molecule has 0 aliphatic heterocycles. The Bertz CT molecular complexity index is 780. The Balaban J connectivity index is 1.87. The van der Waals surface area contributed by atoms with Crippen molar-refractivity contribution in [2.75, 3.05) is 0 Å². The van der Waals surface area contributed by atoms with Crippen LogP contribution in [0.2, 0.25) is 0 Å². The molecule has 3 nitrogen and oxygen atoms in total. The van der Waals surface area contributed by atoms with Crippen molar-refractivity contribution < 1.29 is 4.92 Å². The lowest BCUT2D eigenvalue weighted by atomic mass is 9.99. The summed E-state index contributed by atoms with van der Waals surface area (Å²) in [5.41, 5.74) is 4.09. The first kappa shape index (κ1) is 14.0. The maximum Gasteiger partial charge on any atom is 0.277 e. The van der Waals surface area contributed by atoms with E-state index in [9.17, 15) is 10.1 Å². The molecule has 22 heavy (non-hydrogen) atoms. The number of nitro groups is 1. The van der Waals surface area contributed by atoms with E-state index in [2.05, 4.69) is 12.1 Å². The maximum absolute atomic E-state index is 11.1. The second-order valence-electron chi connectivity index (χ2n) is 5.13. The summed E-state index contributed by atoms with van der Waals surface area (Å²) in [6.45, 7) is 0. The van der Waals surface area contributed by atoms with Gasteiger partial charge in [-0.05, 0) is 29.2 Å². The number of nitrogens with zero attached hydrogens (tertiary/aromatic N) is 1. The van der Waals surface area contributed by atoms with Gasteiger partial charge in [0.2, 0.25) is 0 Å². The van der Waals surface area contributed by atoms with Crippen LogP contribution < -0.4 is 0 Å². The van der Waals surface area contributed by atoms with E-state index in [0.717, 1.165) is 12.0 Å². The molecule has 0 bridgehead atoms. The summed E-state index contributed by atoms with van der Waals surface area (Å²) in [5.74, 6) is 0. The number of hydrogen-bond donors (Lipinski definition) is 0. The minimum absolute atomic E-state index is 0.137. The van der Waals surface area contributed by atoms with E-state index in [1.807, 2.05) is 48.5 Å². The van der Waals surface area contributed by atoms with Crippen LogP contribution in [0.4, 0.5) is 5.69 Å². The van der Waals surface area contributed by atoms with Gasteiger partial charge < -0.3 is 0 Å². The van der Waals surface area contributed by atoms with Crippen LogP contribution in [0.1, 0.15) is 11.1 Å². The topological polar surface area (TPSA) is 43.1 Å². The van der Waals surface area contributed by atoms with Crippen molar-refractivity contribution in [1.29, 1.82) is 0 Å². The highest BCUT2D eigenvalue weighted by Crippen LogP contribution is 2.29. The van der Waals surface area contributed by atoms with Gasteiger partial charge in [-0.25, -0.2) is 0 Å². The quantitative estimate of drug-likeness (QED) is 0.509. The molecule has 0 spiro atoms. The van der Waals surface area contributed by atoms with Gasteiger partial charge in [0, 0.05) is 6.07 Å². The third-order valence-electron chi connectivity index (χ3n) is 3.62. The molecule has 0 saturated carbocycles. The summed E-state index contributed by atoms with van der Waals surface area (Å²) < 4.78 is 0. The summed E-state index contributed by atoms with van der Waals surface area (Å²) in [5, 5.41) is 11.1. The molecule has 3 rings (SSSR count). The first-order chi connectivity index (χ1) is 10.7. The van der Waals surface area contributed by atoms with Gasteiger partial charge in [0.15, 0.2) is 0 Å². The molecule has 0 aliphatic carbocycles. The molecular weight excluding hydrogens is 274 g/mol. The zero-order chi connectivity index (χ0) is 15.4. The van der Waals surface area contributed by atoms with E-state index in [0.29, 0.717) is 5.56 Å². The van der Waals surface area contributed by atoms with Crippen molar-refractivity contribution in [1.82, 2.24) is 0 Å². The zero-order valence-electron chi connectivity index (χ0n) is 12.0. The number of rotatable bonds is 4. The summed E-state index contributed by atoms with van der Waals surface area (Å²) in [7, 11) is 0. The second-order valence-corrected chi connectivity index (χ2v) is 5.13. The number of benzene rings is 3. The summed E-state index contributed by atoms with van der Waals surface area (Å²) in [4.78, 5) is 10.8. The average molecular weight is 289 g/mol. The minimum Gasteiger partial charge on any atom is -0.258 e. The number of nitro benzene ring substituents is 1. The van der Waals surface area contributed by atoms with Gasteiger partial charge in [-0.1, -0.05) is 66.7 Å². The van der Waals surface area contributed by atoms with Crippen molar-refractivity contribution in [3.63, 3.8) is 0 Å². The third-order valence-corrected chi connectivity index (χ3v) is 3.62. The maximum atomic E-state index is 11.1. The fourth-order valence-corrected chi connectivity index (χ4v) is 2.51. The predicted octanol–water partition coefficient (Wildman–Crippen LogP) is 4.85. The van der Waals surface area contributed by atoms with Crippen molar-refractivity contribution in [3.8, 4) is 11.1 Å². The van der Waals surface area contributed by atoms with E-state index < -0.39 is 0 Å². The highest BCUT2D eigenvalue weighted by Gasteiger charge is 2.13. The SMILES string of the molecule is O=[N+]([O-])c1ccccc1-c1ccc(Cc2ccccc2)cc1. The molecule has 0 aromatic heterocycles. The Kier molecular flexibility index (Phi) is 3.97. The fourth-order valence-electron chi connectivity index (χ4n) is 2.51. The average Bonchev–Trinajstić information content (AvgIpc) is 2.56. The molecule has 0 fully saturated rings. The van der Waals surface area contributed by atoms with Gasteiger partial charge in [-0.3, -0.25) is 10.1 Å². The molecule has 3 heteroatoms. The summed E-state index contributed by atoms with van der Waals surface area (Å²) in [6, 6.07) is 25.0. The molecule has 0 atom stereocenters. The normalized spacial score (nSPS) is 10.4. The van der Waals surface area contributed by atoms with Crippen LogP contribution in [0, 0.1) is 10.1 Å². The van der Waals surface area contributed by atoms with Gasteiger partial charge in [-0.2, -0.15) is 0 Å². The highest BCUT2D eigenvalue weighted by atomic mass is 16.6.